The number of amides is 1. The number of carbonyl (C=O) groups is 2. The Labute approximate surface area is 94.4 Å². The molecule has 0 aliphatic carbocycles. The van der Waals surface area contributed by atoms with E-state index in [2.05, 4.69) is 15.1 Å². The van der Waals surface area contributed by atoms with Gasteiger partial charge in [-0.1, -0.05) is 10.3 Å². The molecule has 0 aliphatic heterocycles. The molecule has 0 saturated heterocycles. The summed E-state index contributed by atoms with van der Waals surface area (Å²) in [5, 5.41) is 29.8. The SMILES string of the molecule is N/C(CC(=O)ON/C(CC(=O)NO)=N/O)=N/O. The Kier molecular flexibility index (Phi) is 6.54. The normalized spacial score (nSPS) is 11.8. The highest BCUT2D eigenvalue weighted by Crippen LogP contribution is 1.87. The Hall–Kier alpha value is -2.56. The third-order valence-electron chi connectivity index (χ3n) is 1.31. The molecule has 11 nitrogen and oxygen atoms in total. The van der Waals surface area contributed by atoms with Gasteiger partial charge in [-0.3, -0.25) is 10.0 Å². The number of hydroxylamine groups is 2. The summed E-state index contributed by atoms with van der Waals surface area (Å²) in [7, 11) is 0. The highest BCUT2D eigenvalue weighted by Gasteiger charge is 2.11. The van der Waals surface area contributed by atoms with E-state index in [4.69, 9.17) is 21.4 Å². The van der Waals surface area contributed by atoms with E-state index in [1.54, 1.807) is 0 Å². The van der Waals surface area contributed by atoms with Crippen LogP contribution in [0, 0.1) is 0 Å². The number of rotatable bonds is 4. The van der Waals surface area contributed by atoms with Crippen molar-refractivity contribution in [2.75, 3.05) is 0 Å². The van der Waals surface area contributed by atoms with Gasteiger partial charge in [-0.25, -0.2) is 15.8 Å². The second-order valence-corrected chi connectivity index (χ2v) is 2.60. The molecule has 0 aromatic rings. The Bertz CT molecular complexity index is 340. The van der Waals surface area contributed by atoms with Gasteiger partial charge in [0.15, 0.2) is 5.84 Å². The first-order valence-electron chi connectivity index (χ1n) is 4.09. The van der Waals surface area contributed by atoms with Crippen LogP contribution in [-0.2, 0) is 14.4 Å². The van der Waals surface area contributed by atoms with E-state index in [0.717, 1.165) is 0 Å². The second-order valence-electron chi connectivity index (χ2n) is 2.60. The average Bonchev–Trinajstić information content (AvgIpc) is 2.33. The maximum absolute atomic E-state index is 10.9. The summed E-state index contributed by atoms with van der Waals surface area (Å²) in [5.74, 6) is -2.64. The van der Waals surface area contributed by atoms with Gasteiger partial charge in [-0.05, 0) is 0 Å². The number of amidine groups is 2. The van der Waals surface area contributed by atoms with Crippen molar-refractivity contribution >= 4 is 23.5 Å². The minimum absolute atomic E-state index is 0.382. The predicted octanol–water partition coefficient (Wildman–Crippen LogP) is -2.15. The lowest BCUT2D eigenvalue weighted by molar-refractivity contribution is -0.146. The van der Waals surface area contributed by atoms with Gasteiger partial charge >= 0.3 is 5.97 Å². The van der Waals surface area contributed by atoms with Gasteiger partial charge in [-0.2, -0.15) is 0 Å². The highest BCUT2D eigenvalue weighted by molar-refractivity contribution is 6.00. The standard InChI is InChI=1S/C6H11N5O6/c7-3(8-14)1-6(13)17-11-4(9-15)2-5(12)10-16/h14-16H,1-2H2,(H2,7,8)(H,9,11)(H,10,12). The van der Waals surface area contributed by atoms with E-state index >= 15 is 0 Å². The molecule has 1 amide bonds. The van der Waals surface area contributed by atoms with Crippen LogP contribution in [0.4, 0.5) is 0 Å². The summed E-state index contributed by atoms with van der Waals surface area (Å²) < 4.78 is 0. The zero-order chi connectivity index (χ0) is 13.3. The fourth-order valence-electron chi connectivity index (χ4n) is 0.619. The molecule has 17 heavy (non-hydrogen) atoms. The monoisotopic (exact) mass is 249 g/mol. The molecule has 7 N–H and O–H groups in total. The Morgan fingerprint density at radius 3 is 2.35 bits per heavy atom. The first kappa shape index (κ1) is 14.4. The van der Waals surface area contributed by atoms with E-state index in [1.807, 2.05) is 5.48 Å². The maximum atomic E-state index is 10.9. The molecule has 96 valence electrons. The number of oxime groups is 2. The summed E-state index contributed by atoms with van der Waals surface area (Å²) in [6.45, 7) is 0. The van der Waals surface area contributed by atoms with Crippen molar-refractivity contribution in [1.82, 2.24) is 11.0 Å². The molecule has 0 aliphatic rings. The largest absolute Gasteiger partial charge is 0.409 e. The van der Waals surface area contributed by atoms with E-state index in [-0.39, 0.29) is 5.84 Å². The van der Waals surface area contributed by atoms with Crippen molar-refractivity contribution in [3.63, 3.8) is 0 Å². The number of carbonyl (C=O) groups excluding carboxylic acids is 2. The molecular weight excluding hydrogens is 238 g/mol. The van der Waals surface area contributed by atoms with Crippen molar-refractivity contribution in [1.29, 1.82) is 0 Å². The number of nitrogens with two attached hydrogens (primary N) is 1. The lowest BCUT2D eigenvalue weighted by Crippen LogP contribution is -2.33. The van der Waals surface area contributed by atoms with Crippen LogP contribution in [0.15, 0.2) is 10.3 Å². The predicted molar refractivity (Wildman–Crippen MR) is 51.0 cm³/mol. The van der Waals surface area contributed by atoms with Crippen LogP contribution in [-0.4, -0.2) is 39.2 Å². The zero-order valence-corrected chi connectivity index (χ0v) is 8.45. The van der Waals surface area contributed by atoms with Gasteiger partial charge < -0.3 is 21.0 Å². The molecule has 0 spiro atoms. The maximum Gasteiger partial charge on any atom is 0.339 e. The molecule has 0 saturated carbocycles. The molecule has 0 bridgehead atoms. The van der Waals surface area contributed by atoms with Crippen LogP contribution in [0.25, 0.3) is 0 Å². The fourth-order valence-corrected chi connectivity index (χ4v) is 0.619. The summed E-state index contributed by atoms with van der Waals surface area (Å²) in [5.41, 5.74) is 8.14. The molecular formula is C6H11N5O6. The van der Waals surface area contributed by atoms with Crippen molar-refractivity contribution in [2.45, 2.75) is 12.8 Å². The van der Waals surface area contributed by atoms with Gasteiger partial charge in [0.05, 0.1) is 6.42 Å². The van der Waals surface area contributed by atoms with E-state index < -0.39 is 30.6 Å². The molecule has 0 unspecified atom stereocenters. The van der Waals surface area contributed by atoms with Crippen LogP contribution in [0.3, 0.4) is 0 Å². The highest BCUT2D eigenvalue weighted by atomic mass is 16.7. The summed E-state index contributed by atoms with van der Waals surface area (Å²) >= 11 is 0. The molecule has 0 atom stereocenters. The van der Waals surface area contributed by atoms with Crippen LogP contribution in [0.5, 0.6) is 0 Å². The number of hydrogen-bond acceptors (Lipinski definition) is 8. The quantitative estimate of drug-likeness (QED) is 0.107. The van der Waals surface area contributed by atoms with Crippen LogP contribution >= 0.6 is 0 Å². The van der Waals surface area contributed by atoms with Crippen molar-refractivity contribution in [3.05, 3.63) is 0 Å². The summed E-state index contributed by atoms with van der Waals surface area (Å²) in [6, 6.07) is 0. The number of nitrogens with one attached hydrogen (secondary N) is 2. The topological polar surface area (TPSA) is 179 Å². The third-order valence-corrected chi connectivity index (χ3v) is 1.31. The van der Waals surface area contributed by atoms with Crippen molar-refractivity contribution < 1.29 is 30.0 Å². The lowest BCUT2D eigenvalue weighted by Gasteiger charge is -2.06. The molecule has 0 rings (SSSR count). The molecule has 0 aromatic carbocycles. The minimum atomic E-state index is -0.939. The average molecular weight is 249 g/mol. The Morgan fingerprint density at radius 2 is 1.88 bits per heavy atom. The van der Waals surface area contributed by atoms with Crippen LogP contribution < -0.4 is 16.7 Å². The van der Waals surface area contributed by atoms with Gasteiger partial charge in [0.2, 0.25) is 0 Å². The molecule has 11 heteroatoms. The summed E-state index contributed by atoms with van der Waals surface area (Å²) in [6.07, 6.45) is -1.06. The van der Waals surface area contributed by atoms with Crippen LogP contribution in [0.2, 0.25) is 0 Å². The smallest absolute Gasteiger partial charge is 0.339 e. The first-order chi connectivity index (χ1) is 8.03. The van der Waals surface area contributed by atoms with Gasteiger partial charge in [0.25, 0.3) is 5.91 Å². The Morgan fingerprint density at radius 1 is 1.24 bits per heavy atom. The fraction of sp³-hybridized carbons (Fsp3) is 0.333. The van der Waals surface area contributed by atoms with Crippen LogP contribution in [0.1, 0.15) is 12.8 Å². The number of hydrogen-bond donors (Lipinski definition) is 6. The van der Waals surface area contributed by atoms with E-state index in [0.29, 0.717) is 0 Å². The lowest BCUT2D eigenvalue weighted by atomic mass is 10.4. The second kappa shape index (κ2) is 7.70. The first-order valence-corrected chi connectivity index (χ1v) is 4.09. The van der Waals surface area contributed by atoms with Gasteiger partial charge in [-0.15, -0.1) is 0 Å². The summed E-state index contributed by atoms with van der Waals surface area (Å²) in [4.78, 5) is 25.9. The molecule has 0 fully saturated rings. The number of nitrogens with zero attached hydrogens (tertiary/aromatic N) is 2. The Balaban J connectivity index is 4.08. The molecule has 0 heterocycles. The minimum Gasteiger partial charge on any atom is -0.409 e. The van der Waals surface area contributed by atoms with E-state index in [9.17, 15) is 9.59 Å². The van der Waals surface area contributed by atoms with Crippen molar-refractivity contribution in [2.24, 2.45) is 16.0 Å². The van der Waals surface area contributed by atoms with Crippen molar-refractivity contribution in [3.8, 4) is 0 Å². The van der Waals surface area contributed by atoms with Gasteiger partial charge in [0, 0.05) is 0 Å². The molecule has 0 aromatic heterocycles. The van der Waals surface area contributed by atoms with Gasteiger partial charge in [0.1, 0.15) is 12.3 Å². The zero-order valence-electron chi connectivity index (χ0n) is 8.45. The van der Waals surface area contributed by atoms with E-state index in [1.165, 1.54) is 5.48 Å². The molecule has 0 radical (unpaired) electrons. The third kappa shape index (κ3) is 6.51.